The number of thioether (sulfide) groups is 1. The molecule has 3 aromatic carbocycles. The highest BCUT2D eigenvalue weighted by Crippen LogP contribution is 2.35. The second-order valence-corrected chi connectivity index (χ2v) is 7.29. The highest BCUT2D eigenvalue weighted by atomic mass is 32.2. The molecule has 1 aliphatic heterocycles. The highest BCUT2D eigenvalue weighted by molar-refractivity contribution is 8.19. The monoisotopic (exact) mass is 405 g/mol. The Balaban J connectivity index is 1.45. The standard InChI is InChI=1S/C23H16FNO3S/c24-20-9-5-4-6-17(20)15-28-19-12-10-16(11-13-19)14-21-22(26)25(23(27)29-21)18-7-2-1-3-8-18/h1-14H,15H2/b21-14+. The van der Waals surface area contributed by atoms with E-state index in [4.69, 9.17) is 4.74 Å². The number of para-hydroxylation sites is 1. The number of rotatable bonds is 5. The Bertz CT molecular complexity index is 1080. The molecule has 144 valence electrons. The van der Waals surface area contributed by atoms with E-state index in [9.17, 15) is 14.0 Å². The van der Waals surface area contributed by atoms with Gasteiger partial charge < -0.3 is 4.74 Å². The Labute approximate surface area is 171 Å². The summed E-state index contributed by atoms with van der Waals surface area (Å²) in [5.74, 6) is -0.0628. The van der Waals surface area contributed by atoms with E-state index in [1.807, 2.05) is 6.07 Å². The van der Waals surface area contributed by atoms with Gasteiger partial charge in [-0.25, -0.2) is 9.29 Å². The number of hydrogen-bond donors (Lipinski definition) is 0. The number of nitrogens with zero attached hydrogens (tertiary/aromatic N) is 1. The minimum atomic E-state index is -0.342. The summed E-state index contributed by atoms with van der Waals surface area (Å²) in [6.45, 7) is 0.127. The Kier molecular flexibility index (Phi) is 5.44. The maximum absolute atomic E-state index is 13.7. The molecule has 1 saturated heterocycles. The topological polar surface area (TPSA) is 46.6 Å². The third-order valence-electron chi connectivity index (χ3n) is 4.34. The molecule has 0 atom stereocenters. The number of ether oxygens (including phenoxy) is 1. The van der Waals surface area contributed by atoms with Crippen LogP contribution < -0.4 is 9.64 Å². The van der Waals surface area contributed by atoms with Crippen LogP contribution in [0.2, 0.25) is 0 Å². The molecule has 0 saturated carbocycles. The van der Waals surface area contributed by atoms with Crippen LogP contribution >= 0.6 is 11.8 Å². The molecule has 0 radical (unpaired) electrons. The molecule has 4 rings (SSSR count). The lowest BCUT2D eigenvalue weighted by atomic mass is 10.2. The van der Waals surface area contributed by atoms with Gasteiger partial charge in [0.2, 0.25) is 0 Å². The van der Waals surface area contributed by atoms with Gasteiger partial charge in [0.05, 0.1) is 10.6 Å². The normalized spacial score (nSPS) is 15.2. The van der Waals surface area contributed by atoms with Gasteiger partial charge in [0, 0.05) is 5.56 Å². The summed E-state index contributed by atoms with van der Waals surface area (Å²) in [4.78, 5) is 26.4. The first-order valence-electron chi connectivity index (χ1n) is 8.91. The lowest BCUT2D eigenvalue weighted by Crippen LogP contribution is -2.27. The largest absolute Gasteiger partial charge is 0.489 e. The molecule has 1 fully saturated rings. The van der Waals surface area contributed by atoms with Crippen LogP contribution in [-0.2, 0) is 11.4 Å². The van der Waals surface area contributed by atoms with Crippen LogP contribution in [0.15, 0.2) is 83.8 Å². The van der Waals surface area contributed by atoms with Crippen LogP contribution in [0.25, 0.3) is 6.08 Å². The fraction of sp³-hybridized carbons (Fsp3) is 0.0435. The third kappa shape index (κ3) is 4.22. The van der Waals surface area contributed by atoms with E-state index in [1.165, 1.54) is 11.0 Å². The third-order valence-corrected chi connectivity index (χ3v) is 5.21. The Morgan fingerprint density at radius 1 is 0.897 bits per heavy atom. The zero-order chi connectivity index (χ0) is 20.2. The van der Waals surface area contributed by atoms with Crippen molar-refractivity contribution in [1.29, 1.82) is 0 Å². The molecular formula is C23H16FNO3S. The van der Waals surface area contributed by atoms with Crippen molar-refractivity contribution in [2.45, 2.75) is 6.61 Å². The first-order valence-corrected chi connectivity index (χ1v) is 9.73. The Morgan fingerprint density at radius 2 is 1.59 bits per heavy atom. The lowest BCUT2D eigenvalue weighted by Gasteiger charge is -2.11. The highest BCUT2D eigenvalue weighted by Gasteiger charge is 2.36. The Hall–Kier alpha value is -3.38. The van der Waals surface area contributed by atoms with Gasteiger partial charge in [-0.2, -0.15) is 0 Å². The molecule has 0 aromatic heterocycles. The molecule has 0 N–H and O–H groups in total. The van der Waals surface area contributed by atoms with Crippen molar-refractivity contribution < 1.29 is 18.7 Å². The van der Waals surface area contributed by atoms with Crippen molar-refractivity contribution in [2.75, 3.05) is 4.90 Å². The maximum atomic E-state index is 13.7. The van der Waals surface area contributed by atoms with Crippen molar-refractivity contribution in [3.63, 3.8) is 0 Å². The summed E-state index contributed by atoms with van der Waals surface area (Å²) in [6.07, 6.45) is 1.68. The fourth-order valence-corrected chi connectivity index (χ4v) is 3.70. The van der Waals surface area contributed by atoms with E-state index < -0.39 is 0 Å². The minimum Gasteiger partial charge on any atom is -0.489 e. The van der Waals surface area contributed by atoms with Gasteiger partial charge >= 0.3 is 0 Å². The zero-order valence-electron chi connectivity index (χ0n) is 15.2. The van der Waals surface area contributed by atoms with E-state index in [1.54, 1.807) is 72.8 Å². The number of amides is 2. The summed E-state index contributed by atoms with van der Waals surface area (Å²) in [5.41, 5.74) is 1.79. The van der Waals surface area contributed by atoms with E-state index in [0.29, 0.717) is 21.9 Å². The number of anilines is 1. The molecule has 1 heterocycles. The SMILES string of the molecule is O=C1S/C(=C/c2ccc(OCc3ccccc3F)cc2)C(=O)N1c1ccccc1. The summed E-state index contributed by atoms with van der Waals surface area (Å²) in [5, 5.41) is -0.322. The smallest absolute Gasteiger partial charge is 0.298 e. The summed E-state index contributed by atoms with van der Waals surface area (Å²) < 4.78 is 19.3. The first kappa shape index (κ1) is 19.0. The van der Waals surface area contributed by atoms with Crippen molar-refractivity contribution in [3.8, 4) is 5.75 Å². The fourth-order valence-electron chi connectivity index (χ4n) is 2.86. The second-order valence-electron chi connectivity index (χ2n) is 6.30. The molecule has 0 bridgehead atoms. The van der Waals surface area contributed by atoms with E-state index in [2.05, 4.69) is 0 Å². The van der Waals surface area contributed by atoms with Gasteiger partial charge in [-0.3, -0.25) is 9.59 Å². The Morgan fingerprint density at radius 3 is 2.31 bits per heavy atom. The number of halogens is 1. The number of imide groups is 1. The number of hydrogen-bond acceptors (Lipinski definition) is 4. The van der Waals surface area contributed by atoms with Crippen molar-refractivity contribution in [3.05, 3.63) is 101 Å². The van der Waals surface area contributed by atoms with Crippen LogP contribution in [0.4, 0.5) is 14.9 Å². The first-order chi connectivity index (χ1) is 14.1. The molecule has 4 nitrogen and oxygen atoms in total. The summed E-state index contributed by atoms with van der Waals surface area (Å²) in [6, 6.07) is 22.3. The molecular weight excluding hydrogens is 389 g/mol. The van der Waals surface area contributed by atoms with Crippen LogP contribution in [0.5, 0.6) is 5.75 Å². The molecule has 6 heteroatoms. The van der Waals surface area contributed by atoms with Gasteiger partial charge in [0.25, 0.3) is 11.1 Å². The van der Waals surface area contributed by atoms with E-state index in [-0.39, 0.29) is 23.6 Å². The van der Waals surface area contributed by atoms with Crippen LogP contribution in [-0.4, -0.2) is 11.1 Å². The average Bonchev–Trinajstić information content (AvgIpc) is 3.02. The van der Waals surface area contributed by atoms with Crippen LogP contribution in [0.3, 0.4) is 0 Å². The second kappa shape index (κ2) is 8.32. The summed E-state index contributed by atoms with van der Waals surface area (Å²) in [7, 11) is 0. The summed E-state index contributed by atoms with van der Waals surface area (Å²) >= 11 is 0.910. The van der Waals surface area contributed by atoms with Crippen LogP contribution in [0, 0.1) is 5.82 Å². The lowest BCUT2D eigenvalue weighted by molar-refractivity contribution is -0.113. The molecule has 0 unspecified atom stereocenters. The molecule has 29 heavy (non-hydrogen) atoms. The zero-order valence-corrected chi connectivity index (χ0v) is 16.1. The number of benzene rings is 3. The molecule has 0 aliphatic carbocycles. The van der Waals surface area contributed by atoms with Crippen molar-refractivity contribution >= 4 is 34.7 Å². The van der Waals surface area contributed by atoms with Crippen LogP contribution in [0.1, 0.15) is 11.1 Å². The molecule has 3 aromatic rings. The minimum absolute atomic E-state index is 0.127. The van der Waals surface area contributed by atoms with E-state index in [0.717, 1.165) is 17.3 Å². The van der Waals surface area contributed by atoms with E-state index >= 15 is 0 Å². The predicted molar refractivity (Wildman–Crippen MR) is 112 cm³/mol. The van der Waals surface area contributed by atoms with Crippen molar-refractivity contribution in [1.82, 2.24) is 0 Å². The number of carbonyl (C=O) groups excluding carboxylic acids is 2. The predicted octanol–water partition coefficient (Wildman–Crippen LogP) is 5.65. The maximum Gasteiger partial charge on any atom is 0.298 e. The molecule has 2 amide bonds. The molecule has 1 aliphatic rings. The number of carbonyl (C=O) groups is 2. The van der Waals surface area contributed by atoms with Gasteiger partial charge in [-0.15, -0.1) is 0 Å². The van der Waals surface area contributed by atoms with Gasteiger partial charge in [-0.05, 0) is 53.7 Å². The molecule has 0 spiro atoms. The quantitative estimate of drug-likeness (QED) is 0.515. The van der Waals surface area contributed by atoms with Crippen molar-refractivity contribution in [2.24, 2.45) is 0 Å². The average molecular weight is 405 g/mol. The van der Waals surface area contributed by atoms with Gasteiger partial charge in [-0.1, -0.05) is 48.5 Å². The van der Waals surface area contributed by atoms with Gasteiger partial charge in [0.15, 0.2) is 0 Å². The van der Waals surface area contributed by atoms with Gasteiger partial charge in [0.1, 0.15) is 18.2 Å².